The van der Waals surface area contributed by atoms with Gasteiger partial charge in [-0.25, -0.2) is 0 Å². The normalized spacial score (nSPS) is 12.4. The van der Waals surface area contributed by atoms with Crippen LogP contribution in [0.15, 0.2) is 29.2 Å². The van der Waals surface area contributed by atoms with Gasteiger partial charge in [-0.15, -0.1) is 11.8 Å². The summed E-state index contributed by atoms with van der Waals surface area (Å²) in [5.74, 6) is -0.751. The van der Waals surface area contributed by atoms with Crippen molar-refractivity contribution in [2.75, 3.05) is 0 Å². The topological polar surface area (TPSA) is 37.3 Å². The van der Waals surface area contributed by atoms with E-state index in [0.29, 0.717) is 11.4 Å². The Labute approximate surface area is 105 Å². The number of carboxylic acid groups (broad SMARTS) is 1. The maximum atomic E-state index is 11.0. The highest BCUT2D eigenvalue weighted by Crippen LogP contribution is 2.28. The van der Waals surface area contributed by atoms with Crippen LogP contribution in [0.25, 0.3) is 0 Å². The molecule has 1 unspecified atom stereocenters. The van der Waals surface area contributed by atoms with Crippen molar-refractivity contribution in [2.45, 2.75) is 36.3 Å². The minimum atomic E-state index is -0.751. The first-order valence-corrected chi connectivity index (χ1v) is 6.54. The lowest BCUT2D eigenvalue weighted by molar-refractivity contribution is -0.136. The van der Waals surface area contributed by atoms with Gasteiger partial charge >= 0.3 is 5.97 Å². The average molecular weight is 259 g/mol. The van der Waals surface area contributed by atoms with Gasteiger partial charge in [-0.3, -0.25) is 4.79 Å². The van der Waals surface area contributed by atoms with Crippen LogP contribution in [0, 0.1) is 0 Å². The number of benzene rings is 1. The van der Waals surface area contributed by atoms with Gasteiger partial charge in [0.05, 0.1) is 0 Å². The van der Waals surface area contributed by atoms with Gasteiger partial charge in [0.25, 0.3) is 0 Å². The molecule has 0 aliphatic heterocycles. The molecule has 0 aromatic heterocycles. The molecule has 0 saturated carbocycles. The number of carboxylic acids is 1. The van der Waals surface area contributed by atoms with Crippen molar-refractivity contribution in [1.82, 2.24) is 0 Å². The second-order valence-corrected chi connectivity index (χ2v) is 5.26. The molecule has 88 valence electrons. The average Bonchev–Trinajstić information content (AvgIpc) is 2.24. The summed E-state index contributed by atoms with van der Waals surface area (Å²) in [5, 5.41) is 9.34. The van der Waals surface area contributed by atoms with Crippen LogP contribution in [0.4, 0.5) is 0 Å². The number of carbonyl (C=O) groups is 1. The largest absolute Gasteiger partial charge is 0.480 e. The summed E-state index contributed by atoms with van der Waals surface area (Å²) in [6, 6.07) is 7.31. The Bertz CT molecular complexity index is 355. The number of rotatable bonds is 6. The van der Waals surface area contributed by atoms with Crippen molar-refractivity contribution in [3.05, 3.63) is 29.3 Å². The standard InChI is InChI=1S/C12H15ClO2S/c1-2-3-7-11(12(14)15)16-10-6-4-5-9(13)8-10/h4-6,8,11H,2-3,7H2,1H3,(H,14,15). The number of hydrogen-bond acceptors (Lipinski definition) is 2. The van der Waals surface area contributed by atoms with E-state index in [4.69, 9.17) is 16.7 Å². The van der Waals surface area contributed by atoms with E-state index in [1.54, 1.807) is 12.1 Å². The SMILES string of the molecule is CCCCC(Sc1cccc(Cl)c1)C(=O)O. The molecule has 2 nitrogen and oxygen atoms in total. The summed E-state index contributed by atoms with van der Waals surface area (Å²) in [7, 11) is 0. The van der Waals surface area contributed by atoms with Gasteiger partial charge in [0.15, 0.2) is 0 Å². The van der Waals surface area contributed by atoms with E-state index in [9.17, 15) is 4.79 Å². The molecule has 0 heterocycles. The van der Waals surface area contributed by atoms with Gasteiger partial charge in [0.2, 0.25) is 0 Å². The van der Waals surface area contributed by atoms with Crippen LogP contribution in [-0.2, 0) is 4.79 Å². The second kappa shape index (κ2) is 6.81. The zero-order chi connectivity index (χ0) is 12.0. The Kier molecular flexibility index (Phi) is 5.71. The van der Waals surface area contributed by atoms with Crippen LogP contribution in [0.5, 0.6) is 0 Å². The highest BCUT2D eigenvalue weighted by atomic mass is 35.5. The van der Waals surface area contributed by atoms with E-state index < -0.39 is 5.97 Å². The molecule has 0 amide bonds. The number of hydrogen-bond donors (Lipinski definition) is 1. The number of unbranched alkanes of at least 4 members (excludes halogenated alkanes) is 1. The lowest BCUT2D eigenvalue weighted by atomic mass is 10.2. The molecule has 0 aliphatic rings. The Morgan fingerprint density at radius 2 is 2.31 bits per heavy atom. The molecule has 0 aliphatic carbocycles. The van der Waals surface area contributed by atoms with Gasteiger partial charge in [-0.05, 0) is 24.6 Å². The Morgan fingerprint density at radius 3 is 2.88 bits per heavy atom. The lowest BCUT2D eigenvalue weighted by Gasteiger charge is -2.11. The van der Waals surface area contributed by atoms with E-state index >= 15 is 0 Å². The zero-order valence-electron chi connectivity index (χ0n) is 9.15. The Morgan fingerprint density at radius 1 is 1.56 bits per heavy atom. The van der Waals surface area contributed by atoms with E-state index in [1.807, 2.05) is 12.1 Å². The summed E-state index contributed by atoms with van der Waals surface area (Å²) in [5.41, 5.74) is 0. The second-order valence-electron chi connectivity index (χ2n) is 3.54. The molecule has 0 saturated heterocycles. The smallest absolute Gasteiger partial charge is 0.316 e. The lowest BCUT2D eigenvalue weighted by Crippen LogP contribution is -2.15. The van der Waals surface area contributed by atoms with Gasteiger partial charge in [0, 0.05) is 9.92 Å². The molecule has 0 fully saturated rings. The predicted octanol–water partition coefficient (Wildman–Crippen LogP) is 4.08. The van der Waals surface area contributed by atoms with Gasteiger partial charge in [-0.1, -0.05) is 37.4 Å². The Balaban J connectivity index is 2.64. The van der Waals surface area contributed by atoms with E-state index in [-0.39, 0.29) is 5.25 Å². The van der Waals surface area contributed by atoms with Crippen LogP contribution in [0.3, 0.4) is 0 Å². The number of thioether (sulfide) groups is 1. The summed E-state index contributed by atoms with van der Waals surface area (Å²) in [6.45, 7) is 2.06. The molecule has 0 bridgehead atoms. The summed E-state index contributed by atoms with van der Waals surface area (Å²) >= 11 is 7.22. The third-order valence-corrected chi connectivity index (χ3v) is 3.65. The Hall–Kier alpha value is -0.670. The van der Waals surface area contributed by atoms with Crippen LogP contribution >= 0.6 is 23.4 Å². The van der Waals surface area contributed by atoms with Gasteiger partial charge < -0.3 is 5.11 Å². The molecule has 1 atom stereocenters. The van der Waals surface area contributed by atoms with E-state index in [0.717, 1.165) is 17.7 Å². The minimum absolute atomic E-state index is 0.376. The van der Waals surface area contributed by atoms with Gasteiger partial charge in [-0.2, -0.15) is 0 Å². The van der Waals surface area contributed by atoms with Crippen molar-refractivity contribution in [2.24, 2.45) is 0 Å². The van der Waals surface area contributed by atoms with E-state index in [1.165, 1.54) is 11.8 Å². The summed E-state index contributed by atoms with van der Waals surface area (Å²) < 4.78 is 0. The molecule has 0 radical (unpaired) electrons. The van der Waals surface area contributed by atoms with Crippen molar-refractivity contribution in [1.29, 1.82) is 0 Å². The fourth-order valence-corrected chi connectivity index (χ4v) is 2.65. The maximum Gasteiger partial charge on any atom is 0.316 e. The maximum absolute atomic E-state index is 11.0. The summed E-state index contributed by atoms with van der Waals surface area (Å²) in [4.78, 5) is 12.0. The first-order chi connectivity index (χ1) is 7.63. The first-order valence-electron chi connectivity index (χ1n) is 5.28. The molecular weight excluding hydrogens is 244 g/mol. The van der Waals surface area contributed by atoms with Crippen LogP contribution < -0.4 is 0 Å². The third kappa shape index (κ3) is 4.45. The minimum Gasteiger partial charge on any atom is -0.480 e. The molecule has 4 heteroatoms. The van der Waals surface area contributed by atoms with Crippen molar-refractivity contribution >= 4 is 29.3 Å². The summed E-state index contributed by atoms with van der Waals surface area (Å²) in [6.07, 6.45) is 2.65. The van der Waals surface area contributed by atoms with Crippen molar-refractivity contribution < 1.29 is 9.90 Å². The third-order valence-electron chi connectivity index (χ3n) is 2.17. The fraction of sp³-hybridized carbons (Fsp3) is 0.417. The molecule has 1 N–H and O–H groups in total. The van der Waals surface area contributed by atoms with Crippen LogP contribution in [0.2, 0.25) is 5.02 Å². The van der Waals surface area contributed by atoms with Crippen molar-refractivity contribution in [3.63, 3.8) is 0 Å². The highest BCUT2D eigenvalue weighted by molar-refractivity contribution is 8.00. The number of halogens is 1. The molecular formula is C12H15ClO2S. The fourth-order valence-electron chi connectivity index (χ4n) is 1.33. The first kappa shape index (κ1) is 13.4. The quantitative estimate of drug-likeness (QED) is 0.782. The molecule has 16 heavy (non-hydrogen) atoms. The predicted molar refractivity (Wildman–Crippen MR) is 68.3 cm³/mol. The molecule has 1 aromatic rings. The molecule has 0 spiro atoms. The monoisotopic (exact) mass is 258 g/mol. The zero-order valence-corrected chi connectivity index (χ0v) is 10.7. The van der Waals surface area contributed by atoms with E-state index in [2.05, 4.69) is 6.92 Å². The van der Waals surface area contributed by atoms with Crippen LogP contribution in [0.1, 0.15) is 26.2 Å². The number of aliphatic carboxylic acids is 1. The highest BCUT2D eigenvalue weighted by Gasteiger charge is 2.18. The molecule has 1 aromatic carbocycles. The van der Waals surface area contributed by atoms with Crippen LogP contribution in [-0.4, -0.2) is 16.3 Å². The molecule has 1 rings (SSSR count). The van der Waals surface area contributed by atoms with Gasteiger partial charge in [0.1, 0.15) is 5.25 Å². The van der Waals surface area contributed by atoms with Crippen molar-refractivity contribution in [3.8, 4) is 0 Å².